The van der Waals surface area contributed by atoms with Crippen LogP contribution in [0.4, 0.5) is 0 Å². The summed E-state index contributed by atoms with van der Waals surface area (Å²) in [5.74, 6) is 0.609. The van der Waals surface area contributed by atoms with Crippen LogP contribution in [0.3, 0.4) is 0 Å². The van der Waals surface area contributed by atoms with Crippen LogP contribution in [0.25, 0.3) is 0 Å². The fourth-order valence-corrected chi connectivity index (χ4v) is 1.45. The van der Waals surface area contributed by atoms with Crippen LogP contribution in [0, 0.1) is 5.92 Å². The average molecular weight is 167 g/mol. The van der Waals surface area contributed by atoms with E-state index < -0.39 is 0 Å². The van der Waals surface area contributed by atoms with Crippen LogP contribution >= 0.6 is 0 Å². The van der Waals surface area contributed by atoms with Gasteiger partial charge in [0.1, 0.15) is 0 Å². The van der Waals surface area contributed by atoms with E-state index in [0.717, 1.165) is 13.1 Å². The van der Waals surface area contributed by atoms with Gasteiger partial charge < -0.3 is 4.90 Å². The summed E-state index contributed by atoms with van der Waals surface area (Å²) in [4.78, 5) is 13.5. The molecule has 0 aromatic heterocycles. The van der Waals surface area contributed by atoms with Gasteiger partial charge in [-0.25, -0.2) is 0 Å². The van der Waals surface area contributed by atoms with Crippen LogP contribution in [-0.2, 0) is 4.79 Å². The number of carbonyl (C=O) groups excluding carboxylic acids is 1. The average Bonchev–Trinajstić information content (AvgIpc) is 2.56. The van der Waals surface area contributed by atoms with Crippen molar-refractivity contribution in [1.82, 2.24) is 4.90 Å². The summed E-state index contributed by atoms with van der Waals surface area (Å²) in [5.41, 5.74) is 0. The molecule has 12 heavy (non-hydrogen) atoms. The Kier molecular flexibility index (Phi) is 3.32. The molecule has 1 fully saturated rings. The van der Waals surface area contributed by atoms with E-state index in [9.17, 15) is 4.79 Å². The third kappa shape index (κ3) is 2.36. The van der Waals surface area contributed by atoms with Crippen molar-refractivity contribution in [1.29, 1.82) is 0 Å². The molecule has 1 aliphatic heterocycles. The van der Waals surface area contributed by atoms with Crippen molar-refractivity contribution in [3.63, 3.8) is 0 Å². The molecular formula is C10H17NO. The summed E-state index contributed by atoms with van der Waals surface area (Å²) >= 11 is 0. The summed E-state index contributed by atoms with van der Waals surface area (Å²) < 4.78 is 0. The van der Waals surface area contributed by atoms with E-state index in [4.69, 9.17) is 0 Å². The van der Waals surface area contributed by atoms with Gasteiger partial charge in [-0.05, 0) is 18.8 Å². The lowest BCUT2D eigenvalue weighted by molar-refractivity contribution is -0.130. The minimum atomic E-state index is 0.292. The van der Waals surface area contributed by atoms with Gasteiger partial charge in [0.15, 0.2) is 0 Å². The second-order valence-corrected chi connectivity index (χ2v) is 3.51. The van der Waals surface area contributed by atoms with Crippen LogP contribution in [-0.4, -0.2) is 23.9 Å². The van der Waals surface area contributed by atoms with E-state index in [1.165, 1.54) is 12.8 Å². The highest BCUT2D eigenvalue weighted by Crippen LogP contribution is 2.12. The quantitative estimate of drug-likeness (QED) is 0.587. The normalized spacial score (nSPS) is 19.2. The molecule has 1 amide bonds. The minimum Gasteiger partial charge on any atom is -0.343 e. The SMILES string of the molecule is C=C[C@H](C)CC(=O)N1CCCC1. The van der Waals surface area contributed by atoms with Gasteiger partial charge in [-0.2, -0.15) is 0 Å². The van der Waals surface area contributed by atoms with Gasteiger partial charge in [-0.15, -0.1) is 6.58 Å². The topological polar surface area (TPSA) is 20.3 Å². The number of hydrogen-bond acceptors (Lipinski definition) is 1. The first kappa shape index (κ1) is 9.30. The molecule has 0 radical (unpaired) electrons. The highest BCUT2D eigenvalue weighted by molar-refractivity contribution is 5.76. The van der Waals surface area contributed by atoms with Crippen LogP contribution in [0.5, 0.6) is 0 Å². The van der Waals surface area contributed by atoms with E-state index >= 15 is 0 Å². The summed E-state index contributed by atoms with van der Waals surface area (Å²) in [6.45, 7) is 7.62. The van der Waals surface area contributed by atoms with Gasteiger partial charge >= 0.3 is 0 Å². The van der Waals surface area contributed by atoms with Gasteiger partial charge in [0.2, 0.25) is 5.91 Å². The molecule has 0 N–H and O–H groups in total. The Hall–Kier alpha value is -0.790. The fraction of sp³-hybridized carbons (Fsp3) is 0.700. The van der Waals surface area contributed by atoms with E-state index in [0.29, 0.717) is 18.2 Å². The van der Waals surface area contributed by atoms with Crippen molar-refractivity contribution >= 4 is 5.91 Å². The summed E-state index contributed by atoms with van der Waals surface area (Å²) in [7, 11) is 0. The summed E-state index contributed by atoms with van der Waals surface area (Å²) in [6, 6.07) is 0. The van der Waals surface area contributed by atoms with Gasteiger partial charge in [0.05, 0.1) is 0 Å². The van der Waals surface area contributed by atoms with E-state index in [1.54, 1.807) is 0 Å². The molecule has 0 aromatic rings. The van der Waals surface area contributed by atoms with Gasteiger partial charge in [0, 0.05) is 19.5 Å². The summed E-state index contributed by atoms with van der Waals surface area (Å²) in [6.07, 6.45) is 4.82. The van der Waals surface area contributed by atoms with Crippen LogP contribution in [0.1, 0.15) is 26.2 Å². The monoisotopic (exact) mass is 167 g/mol. The largest absolute Gasteiger partial charge is 0.343 e. The van der Waals surface area contributed by atoms with Crippen molar-refractivity contribution in [2.45, 2.75) is 26.2 Å². The maximum atomic E-state index is 11.5. The van der Waals surface area contributed by atoms with Crippen molar-refractivity contribution < 1.29 is 4.79 Å². The Bertz CT molecular complexity index is 171. The number of nitrogens with zero attached hydrogens (tertiary/aromatic N) is 1. The molecule has 2 nitrogen and oxygen atoms in total. The lowest BCUT2D eigenvalue weighted by atomic mass is 10.1. The van der Waals surface area contributed by atoms with Crippen molar-refractivity contribution in [2.24, 2.45) is 5.92 Å². The second kappa shape index (κ2) is 4.29. The molecule has 0 spiro atoms. The van der Waals surface area contributed by atoms with Crippen LogP contribution in [0.15, 0.2) is 12.7 Å². The van der Waals surface area contributed by atoms with Gasteiger partial charge in [-0.1, -0.05) is 13.0 Å². The lowest BCUT2D eigenvalue weighted by Crippen LogP contribution is -2.28. The zero-order chi connectivity index (χ0) is 8.97. The maximum absolute atomic E-state index is 11.5. The zero-order valence-electron chi connectivity index (χ0n) is 7.75. The zero-order valence-corrected chi connectivity index (χ0v) is 7.75. The number of carbonyl (C=O) groups is 1. The number of rotatable bonds is 3. The predicted octanol–water partition coefficient (Wildman–Crippen LogP) is 1.82. The standard InChI is InChI=1S/C10H17NO/c1-3-9(2)8-10(12)11-6-4-5-7-11/h3,9H,1,4-8H2,2H3/t9-/m0/s1. The Morgan fingerprint density at radius 1 is 1.58 bits per heavy atom. The molecular weight excluding hydrogens is 150 g/mol. The minimum absolute atomic E-state index is 0.292. The molecule has 1 aliphatic rings. The Morgan fingerprint density at radius 3 is 2.67 bits per heavy atom. The van der Waals surface area contributed by atoms with Gasteiger partial charge in [-0.3, -0.25) is 4.79 Å². The maximum Gasteiger partial charge on any atom is 0.223 e. The molecule has 0 bridgehead atoms. The molecule has 68 valence electrons. The first-order valence-corrected chi connectivity index (χ1v) is 4.64. The fourth-order valence-electron chi connectivity index (χ4n) is 1.45. The third-order valence-electron chi connectivity index (χ3n) is 2.36. The molecule has 0 saturated carbocycles. The van der Waals surface area contributed by atoms with Crippen LogP contribution < -0.4 is 0 Å². The first-order valence-electron chi connectivity index (χ1n) is 4.64. The lowest BCUT2D eigenvalue weighted by Gasteiger charge is -2.16. The molecule has 0 unspecified atom stereocenters. The molecule has 1 heterocycles. The van der Waals surface area contributed by atoms with Crippen molar-refractivity contribution in [3.05, 3.63) is 12.7 Å². The highest BCUT2D eigenvalue weighted by atomic mass is 16.2. The Balaban J connectivity index is 2.31. The van der Waals surface area contributed by atoms with Crippen molar-refractivity contribution in [3.8, 4) is 0 Å². The molecule has 2 heteroatoms. The highest BCUT2D eigenvalue weighted by Gasteiger charge is 2.18. The smallest absolute Gasteiger partial charge is 0.223 e. The Labute approximate surface area is 74.2 Å². The molecule has 1 saturated heterocycles. The number of amides is 1. The molecule has 0 aromatic carbocycles. The van der Waals surface area contributed by atoms with Crippen LogP contribution in [0.2, 0.25) is 0 Å². The number of allylic oxidation sites excluding steroid dienone is 1. The number of likely N-dealkylation sites (tertiary alicyclic amines) is 1. The molecule has 1 atom stereocenters. The number of hydrogen-bond donors (Lipinski definition) is 0. The Morgan fingerprint density at radius 2 is 2.17 bits per heavy atom. The predicted molar refractivity (Wildman–Crippen MR) is 49.8 cm³/mol. The van der Waals surface area contributed by atoms with Gasteiger partial charge in [0.25, 0.3) is 0 Å². The molecule has 1 rings (SSSR count). The van der Waals surface area contributed by atoms with Crippen molar-refractivity contribution in [2.75, 3.05) is 13.1 Å². The third-order valence-corrected chi connectivity index (χ3v) is 2.36. The first-order chi connectivity index (χ1) is 5.74. The second-order valence-electron chi connectivity index (χ2n) is 3.51. The molecule has 0 aliphatic carbocycles. The van der Waals surface area contributed by atoms with E-state index in [1.807, 2.05) is 17.9 Å². The van der Waals surface area contributed by atoms with E-state index in [-0.39, 0.29) is 0 Å². The van der Waals surface area contributed by atoms with E-state index in [2.05, 4.69) is 6.58 Å². The summed E-state index contributed by atoms with van der Waals surface area (Å²) in [5, 5.41) is 0.